The van der Waals surface area contributed by atoms with Gasteiger partial charge in [0.15, 0.2) is 0 Å². The Morgan fingerprint density at radius 2 is 2.21 bits per heavy atom. The normalized spacial score (nSPS) is 15.7. The highest BCUT2D eigenvalue weighted by molar-refractivity contribution is 8.16. The van der Waals surface area contributed by atoms with Gasteiger partial charge >= 0.3 is 0 Å². The van der Waals surface area contributed by atoms with Gasteiger partial charge in [-0.05, 0) is 41.8 Å². The summed E-state index contributed by atoms with van der Waals surface area (Å²) in [5.74, 6) is -0.176. The number of hydrogen-bond acceptors (Lipinski definition) is 4. The molecule has 1 aliphatic heterocycles. The summed E-state index contributed by atoms with van der Waals surface area (Å²) in [6.45, 7) is 0.832. The van der Waals surface area contributed by atoms with E-state index in [4.69, 9.17) is 0 Å². The Morgan fingerprint density at radius 3 is 3.00 bits per heavy atom. The Labute approximate surface area is 143 Å². The number of rotatable bonds is 4. The molecule has 0 radical (unpaired) electrons. The SMILES string of the molecule is O=C1N=CS/C1=C/c1ccc2ncn(CCc3cccnc3)c2c1. The lowest BCUT2D eigenvalue weighted by molar-refractivity contribution is -0.113. The molecule has 3 aromatic rings. The number of aromatic nitrogens is 3. The molecule has 0 atom stereocenters. The molecular formula is C18H14N4OS. The zero-order valence-electron chi connectivity index (χ0n) is 12.8. The predicted octanol–water partition coefficient (Wildman–Crippen LogP) is 3.32. The third kappa shape index (κ3) is 3.00. The number of carbonyl (C=O) groups excluding carboxylic acids is 1. The molecule has 4 rings (SSSR count). The summed E-state index contributed by atoms with van der Waals surface area (Å²) in [6.07, 6.45) is 8.29. The second-order valence-corrected chi connectivity index (χ2v) is 6.35. The number of benzene rings is 1. The lowest BCUT2D eigenvalue weighted by Crippen LogP contribution is -2.00. The van der Waals surface area contributed by atoms with Crippen LogP contribution in [0.5, 0.6) is 0 Å². The third-order valence-corrected chi connectivity index (χ3v) is 4.62. The van der Waals surface area contributed by atoms with Crippen LogP contribution in [0, 0.1) is 0 Å². The van der Waals surface area contributed by atoms with Crippen molar-refractivity contribution in [3.63, 3.8) is 0 Å². The van der Waals surface area contributed by atoms with Crippen LogP contribution in [-0.4, -0.2) is 26.0 Å². The van der Waals surface area contributed by atoms with Gasteiger partial charge in [-0.15, -0.1) is 0 Å². The van der Waals surface area contributed by atoms with Crippen molar-refractivity contribution in [2.45, 2.75) is 13.0 Å². The van der Waals surface area contributed by atoms with Crippen molar-refractivity contribution in [3.05, 3.63) is 65.1 Å². The van der Waals surface area contributed by atoms with Crippen molar-refractivity contribution < 1.29 is 4.79 Å². The number of aliphatic imine (C=N–C) groups is 1. The summed E-state index contributed by atoms with van der Waals surface area (Å²) in [4.78, 5) is 24.6. The van der Waals surface area contributed by atoms with Crippen molar-refractivity contribution in [1.82, 2.24) is 14.5 Å². The highest BCUT2D eigenvalue weighted by Crippen LogP contribution is 2.25. The molecule has 2 aromatic heterocycles. The third-order valence-electron chi connectivity index (χ3n) is 3.87. The fourth-order valence-corrected chi connectivity index (χ4v) is 3.25. The van der Waals surface area contributed by atoms with Crippen LogP contribution in [0.1, 0.15) is 11.1 Å². The molecule has 0 bridgehead atoms. The first-order valence-corrected chi connectivity index (χ1v) is 8.46. The summed E-state index contributed by atoms with van der Waals surface area (Å²) in [6, 6.07) is 10.0. The van der Waals surface area contributed by atoms with Crippen LogP contribution < -0.4 is 0 Å². The molecule has 24 heavy (non-hydrogen) atoms. The van der Waals surface area contributed by atoms with Crippen LogP contribution in [-0.2, 0) is 17.8 Å². The van der Waals surface area contributed by atoms with E-state index in [2.05, 4.69) is 31.7 Å². The first kappa shape index (κ1) is 14.8. The van der Waals surface area contributed by atoms with E-state index in [9.17, 15) is 4.79 Å². The standard InChI is InChI=1S/C18H14N4OS/c23-18-17(24-12-21-18)9-14-3-4-15-16(8-14)22(11-20-15)7-5-13-2-1-6-19-10-13/h1-4,6,8-12H,5,7H2/b17-9+. The Morgan fingerprint density at radius 1 is 1.25 bits per heavy atom. The topological polar surface area (TPSA) is 60.1 Å². The van der Waals surface area contributed by atoms with Crippen LogP contribution in [0.2, 0.25) is 0 Å². The summed E-state index contributed by atoms with van der Waals surface area (Å²) in [7, 11) is 0. The van der Waals surface area contributed by atoms with E-state index in [0.717, 1.165) is 29.6 Å². The van der Waals surface area contributed by atoms with Crippen LogP contribution in [0.25, 0.3) is 17.1 Å². The molecule has 0 spiro atoms. The van der Waals surface area contributed by atoms with E-state index in [1.807, 2.05) is 36.8 Å². The van der Waals surface area contributed by atoms with Gasteiger partial charge in [-0.1, -0.05) is 23.9 Å². The van der Waals surface area contributed by atoms with Gasteiger partial charge in [-0.25, -0.2) is 9.98 Å². The molecule has 1 amide bonds. The summed E-state index contributed by atoms with van der Waals surface area (Å²) >= 11 is 1.36. The minimum absolute atomic E-state index is 0.176. The summed E-state index contributed by atoms with van der Waals surface area (Å²) < 4.78 is 2.13. The average Bonchev–Trinajstić information content (AvgIpc) is 3.20. The number of pyridine rings is 1. The highest BCUT2D eigenvalue weighted by atomic mass is 32.2. The van der Waals surface area contributed by atoms with Gasteiger partial charge in [-0.3, -0.25) is 9.78 Å². The minimum Gasteiger partial charge on any atom is -0.330 e. The fraction of sp³-hybridized carbons (Fsp3) is 0.111. The number of imidazole rings is 1. The second-order valence-electron chi connectivity index (χ2n) is 5.46. The van der Waals surface area contributed by atoms with Crippen molar-refractivity contribution >= 4 is 40.3 Å². The van der Waals surface area contributed by atoms with Crippen LogP contribution in [0.15, 0.2) is 59.0 Å². The zero-order valence-corrected chi connectivity index (χ0v) is 13.6. The number of thioether (sulfide) groups is 1. The molecule has 0 saturated heterocycles. The van der Waals surface area contributed by atoms with Crippen LogP contribution in [0.4, 0.5) is 0 Å². The van der Waals surface area contributed by atoms with Crippen molar-refractivity contribution in [2.75, 3.05) is 0 Å². The van der Waals surface area contributed by atoms with E-state index < -0.39 is 0 Å². The Kier molecular flexibility index (Phi) is 3.96. The van der Waals surface area contributed by atoms with Gasteiger partial charge in [0.25, 0.3) is 5.91 Å². The van der Waals surface area contributed by atoms with Crippen molar-refractivity contribution in [2.24, 2.45) is 4.99 Å². The summed E-state index contributed by atoms with van der Waals surface area (Å²) in [5, 5.41) is 0. The molecule has 1 aliphatic rings. The van der Waals surface area contributed by atoms with Gasteiger partial charge in [0.05, 0.1) is 27.8 Å². The van der Waals surface area contributed by atoms with Crippen molar-refractivity contribution in [1.29, 1.82) is 0 Å². The highest BCUT2D eigenvalue weighted by Gasteiger charge is 2.13. The zero-order chi connectivity index (χ0) is 16.4. The Hall–Kier alpha value is -2.73. The number of hydrogen-bond donors (Lipinski definition) is 0. The van der Waals surface area contributed by atoms with E-state index in [-0.39, 0.29) is 5.91 Å². The van der Waals surface area contributed by atoms with E-state index in [0.29, 0.717) is 4.91 Å². The Balaban J connectivity index is 1.60. The number of fused-ring (bicyclic) bond motifs is 1. The van der Waals surface area contributed by atoms with E-state index >= 15 is 0 Å². The van der Waals surface area contributed by atoms with Crippen molar-refractivity contribution in [3.8, 4) is 0 Å². The van der Waals surface area contributed by atoms with E-state index in [1.54, 1.807) is 11.7 Å². The number of aryl methyl sites for hydroxylation is 2. The minimum atomic E-state index is -0.176. The first-order valence-electron chi connectivity index (χ1n) is 7.58. The molecule has 118 valence electrons. The van der Waals surface area contributed by atoms with Crippen LogP contribution in [0.3, 0.4) is 0 Å². The quantitative estimate of drug-likeness (QED) is 0.687. The lowest BCUT2D eigenvalue weighted by Gasteiger charge is -2.05. The molecule has 3 heterocycles. The smallest absolute Gasteiger partial charge is 0.284 e. The fourth-order valence-electron chi connectivity index (χ4n) is 2.63. The number of carbonyl (C=O) groups is 1. The van der Waals surface area contributed by atoms with Gasteiger partial charge in [0.2, 0.25) is 0 Å². The molecule has 6 heteroatoms. The summed E-state index contributed by atoms with van der Waals surface area (Å²) in [5.41, 5.74) is 5.76. The maximum absolute atomic E-state index is 11.6. The molecular weight excluding hydrogens is 320 g/mol. The van der Waals surface area contributed by atoms with Gasteiger partial charge in [-0.2, -0.15) is 0 Å². The molecule has 0 fully saturated rings. The molecule has 0 N–H and O–H groups in total. The van der Waals surface area contributed by atoms with E-state index in [1.165, 1.54) is 17.3 Å². The van der Waals surface area contributed by atoms with Crippen LogP contribution >= 0.6 is 11.8 Å². The monoisotopic (exact) mass is 334 g/mol. The Bertz CT molecular complexity index is 960. The van der Waals surface area contributed by atoms with Gasteiger partial charge < -0.3 is 4.57 Å². The largest absolute Gasteiger partial charge is 0.330 e. The maximum Gasteiger partial charge on any atom is 0.284 e. The lowest BCUT2D eigenvalue weighted by atomic mass is 10.1. The molecule has 5 nitrogen and oxygen atoms in total. The second kappa shape index (κ2) is 6.41. The first-order chi connectivity index (χ1) is 11.8. The molecule has 0 saturated carbocycles. The number of amides is 1. The average molecular weight is 334 g/mol. The predicted molar refractivity (Wildman–Crippen MR) is 96.7 cm³/mol. The number of nitrogens with zero attached hydrogens (tertiary/aromatic N) is 4. The van der Waals surface area contributed by atoms with Gasteiger partial charge in [0.1, 0.15) is 0 Å². The maximum atomic E-state index is 11.6. The molecule has 1 aromatic carbocycles. The molecule has 0 aliphatic carbocycles. The molecule has 0 unspecified atom stereocenters. The van der Waals surface area contributed by atoms with Gasteiger partial charge in [0, 0.05) is 18.9 Å².